The van der Waals surface area contributed by atoms with Crippen molar-refractivity contribution in [2.24, 2.45) is 5.92 Å². The summed E-state index contributed by atoms with van der Waals surface area (Å²) in [6.07, 6.45) is 5.62. The molecule has 3 heterocycles. The van der Waals surface area contributed by atoms with E-state index in [9.17, 15) is 14.7 Å². The molecular formula is C41H44N2O5. The highest BCUT2D eigenvalue weighted by Crippen LogP contribution is 2.42. The van der Waals surface area contributed by atoms with Gasteiger partial charge >= 0.3 is 0 Å². The highest BCUT2D eigenvalue weighted by atomic mass is 16.7. The van der Waals surface area contributed by atoms with E-state index in [0.29, 0.717) is 11.1 Å². The fourth-order valence-corrected chi connectivity index (χ4v) is 7.36. The summed E-state index contributed by atoms with van der Waals surface area (Å²) in [6, 6.07) is 31.4. The monoisotopic (exact) mass is 644 g/mol. The molecule has 0 unspecified atom stereocenters. The van der Waals surface area contributed by atoms with Crippen LogP contribution in [0.5, 0.6) is 0 Å². The van der Waals surface area contributed by atoms with Crippen LogP contribution in [0.4, 0.5) is 0 Å². The molecule has 7 heteroatoms. The van der Waals surface area contributed by atoms with Crippen LogP contribution < -0.4 is 0 Å². The molecule has 0 bridgehead atoms. The third kappa shape index (κ3) is 6.87. The summed E-state index contributed by atoms with van der Waals surface area (Å²) in [5, 5.41) is 9.63. The number of fused-ring (bicyclic) bond motifs is 1. The van der Waals surface area contributed by atoms with Gasteiger partial charge in [-0.2, -0.15) is 0 Å². The second kappa shape index (κ2) is 14.5. The first-order chi connectivity index (χ1) is 23.5. The zero-order chi connectivity index (χ0) is 33.0. The van der Waals surface area contributed by atoms with Crippen LogP contribution in [0.2, 0.25) is 0 Å². The van der Waals surface area contributed by atoms with E-state index < -0.39 is 6.29 Å². The number of nitrogens with zero attached hydrogens (tertiary/aromatic N) is 2. The standard InChI is InChI=1S/C41H44N2O5/c1-28-37(26-42-21-7-3-2-4-8-22-42)47-41(48-38(28)31-19-17-29(27-44)18-20-31)34-14-10-13-33(24-34)32-12-9-11-30(23-32)25-43-39(45)35-15-5-6-16-36(35)40(43)46/h5-6,9-20,23-24,28,37-38,41,44H,2-4,7-8,21-22,25-27H2,1H3/t28-,37+,38+,41+/m1/s1. The molecule has 4 atom stereocenters. The minimum atomic E-state index is -0.551. The van der Waals surface area contributed by atoms with Gasteiger partial charge in [-0.25, -0.2) is 0 Å². The van der Waals surface area contributed by atoms with E-state index in [0.717, 1.165) is 53.0 Å². The Morgan fingerprint density at radius 1 is 0.688 bits per heavy atom. The lowest BCUT2D eigenvalue weighted by Crippen LogP contribution is -2.45. The lowest BCUT2D eigenvalue weighted by molar-refractivity contribution is -0.276. The molecule has 0 radical (unpaired) electrons. The van der Waals surface area contributed by atoms with E-state index >= 15 is 0 Å². The van der Waals surface area contributed by atoms with Crippen LogP contribution in [0.15, 0.2) is 97.1 Å². The molecule has 4 aromatic carbocycles. The zero-order valence-electron chi connectivity index (χ0n) is 27.6. The molecule has 7 rings (SSSR count). The number of amides is 2. The van der Waals surface area contributed by atoms with Crippen molar-refractivity contribution in [1.82, 2.24) is 9.80 Å². The van der Waals surface area contributed by atoms with E-state index in [4.69, 9.17) is 9.47 Å². The lowest BCUT2D eigenvalue weighted by atomic mass is 9.89. The molecule has 3 aliphatic rings. The maximum absolute atomic E-state index is 13.0. The molecule has 0 spiro atoms. The maximum atomic E-state index is 13.0. The first kappa shape index (κ1) is 32.4. The predicted octanol–water partition coefficient (Wildman–Crippen LogP) is 7.70. The van der Waals surface area contributed by atoms with Gasteiger partial charge in [0.25, 0.3) is 11.8 Å². The molecule has 3 aliphatic heterocycles. The second-order valence-electron chi connectivity index (χ2n) is 13.5. The van der Waals surface area contributed by atoms with Crippen molar-refractivity contribution in [2.75, 3.05) is 19.6 Å². The number of imide groups is 1. The molecule has 7 nitrogen and oxygen atoms in total. The van der Waals surface area contributed by atoms with Crippen molar-refractivity contribution >= 4 is 11.8 Å². The summed E-state index contributed by atoms with van der Waals surface area (Å²) in [5.41, 5.74) is 6.70. The van der Waals surface area contributed by atoms with E-state index in [-0.39, 0.29) is 43.1 Å². The van der Waals surface area contributed by atoms with Crippen LogP contribution in [-0.2, 0) is 22.6 Å². The van der Waals surface area contributed by atoms with E-state index in [1.54, 1.807) is 24.3 Å². The third-order valence-corrected chi connectivity index (χ3v) is 10.1. The molecule has 2 fully saturated rings. The lowest BCUT2D eigenvalue weighted by Gasteiger charge is -2.43. The number of aliphatic hydroxyl groups excluding tert-OH is 1. The van der Waals surface area contributed by atoms with Crippen LogP contribution in [0.25, 0.3) is 11.1 Å². The van der Waals surface area contributed by atoms with Gasteiger partial charge in [-0.3, -0.25) is 14.5 Å². The second-order valence-corrected chi connectivity index (χ2v) is 13.5. The number of hydrogen-bond donors (Lipinski definition) is 1. The minimum Gasteiger partial charge on any atom is -0.392 e. The Morgan fingerprint density at radius 2 is 1.33 bits per heavy atom. The smallest absolute Gasteiger partial charge is 0.261 e. The summed E-state index contributed by atoms with van der Waals surface area (Å²) in [4.78, 5) is 29.9. The van der Waals surface area contributed by atoms with Gasteiger partial charge in [0.05, 0.1) is 36.5 Å². The van der Waals surface area contributed by atoms with Crippen molar-refractivity contribution in [2.45, 2.75) is 70.7 Å². The van der Waals surface area contributed by atoms with E-state index in [2.05, 4.69) is 42.2 Å². The number of likely N-dealkylation sites (tertiary alicyclic amines) is 1. The van der Waals surface area contributed by atoms with Crippen LogP contribution >= 0.6 is 0 Å². The Balaban J connectivity index is 1.13. The van der Waals surface area contributed by atoms with Crippen LogP contribution in [0, 0.1) is 5.92 Å². The summed E-state index contributed by atoms with van der Waals surface area (Å²) in [7, 11) is 0. The van der Waals surface area contributed by atoms with Crippen LogP contribution in [0.1, 0.15) is 94.4 Å². The number of carbonyl (C=O) groups is 2. The summed E-state index contributed by atoms with van der Waals surface area (Å²) < 4.78 is 13.6. The third-order valence-electron chi connectivity index (χ3n) is 10.1. The quantitative estimate of drug-likeness (QED) is 0.198. The van der Waals surface area contributed by atoms with Crippen LogP contribution in [-0.4, -0.2) is 52.5 Å². The first-order valence-electron chi connectivity index (χ1n) is 17.4. The average molecular weight is 645 g/mol. The number of hydrogen-bond acceptors (Lipinski definition) is 6. The van der Waals surface area contributed by atoms with Crippen molar-refractivity contribution in [1.29, 1.82) is 0 Å². The number of ether oxygens (including phenoxy) is 2. The Bertz CT molecular complexity index is 1710. The number of carbonyl (C=O) groups excluding carboxylic acids is 2. The van der Waals surface area contributed by atoms with Gasteiger partial charge < -0.3 is 19.5 Å². The molecule has 2 amide bonds. The Kier molecular flexibility index (Phi) is 9.82. The van der Waals surface area contributed by atoms with Gasteiger partial charge in [-0.1, -0.05) is 99.0 Å². The zero-order valence-corrected chi connectivity index (χ0v) is 27.6. The van der Waals surface area contributed by atoms with Gasteiger partial charge in [0.2, 0.25) is 0 Å². The van der Waals surface area contributed by atoms with Gasteiger partial charge in [-0.15, -0.1) is 0 Å². The van der Waals surface area contributed by atoms with Crippen molar-refractivity contribution < 1.29 is 24.2 Å². The molecule has 0 aliphatic carbocycles. The number of benzene rings is 4. The summed E-state index contributed by atoms with van der Waals surface area (Å²) >= 11 is 0. The molecule has 2 saturated heterocycles. The highest BCUT2D eigenvalue weighted by Gasteiger charge is 2.39. The summed E-state index contributed by atoms with van der Waals surface area (Å²) in [5.74, 6) is -0.377. The first-order valence-corrected chi connectivity index (χ1v) is 17.4. The average Bonchev–Trinajstić information content (AvgIpc) is 3.35. The molecule has 0 saturated carbocycles. The molecule has 0 aromatic heterocycles. The van der Waals surface area contributed by atoms with E-state index in [1.807, 2.05) is 42.5 Å². The minimum absolute atomic E-state index is 0.0109. The number of rotatable bonds is 8. The van der Waals surface area contributed by atoms with Crippen LogP contribution in [0.3, 0.4) is 0 Å². The molecule has 4 aromatic rings. The normalized spacial score (nSPS) is 23.5. The van der Waals surface area contributed by atoms with Gasteiger partial charge in [0, 0.05) is 18.0 Å². The molecule has 248 valence electrons. The van der Waals surface area contributed by atoms with Crippen molar-refractivity contribution in [3.05, 3.63) is 130 Å². The largest absolute Gasteiger partial charge is 0.392 e. The number of aliphatic hydroxyl groups is 1. The van der Waals surface area contributed by atoms with Gasteiger partial charge in [-0.05, 0) is 78.0 Å². The van der Waals surface area contributed by atoms with Gasteiger partial charge in [0.1, 0.15) is 0 Å². The Labute approximate surface area is 283 Å². The SMILES string of the molecule is C[C@@H]1[C@H](CN2CCCCCCC2)O[C@H](c2cccc(-c3cccc(CN4C(=O)c5ccccc5C4=O)c3)c2)O[C@@H]1c1ccc(CO)cc1. The molecule has 1 N–H and O–H groups in total. The molecule has 48 heavy (non-hydrogen) atoms. The predicted molar refractivity (Wildman–Crippen MR) is 185 cm³/mol. The van der Waals surface area contributed by atoms with Crippen molar-refractivity contribution in [3.8, 4) is 11.1 Å². The molecular weight excluding hydrogens is 600 g/mol. The highest BCUT2D eigenvalue weighted by molar-refractivity contribution is 6.21. The fraction of sp³-hybridized carbons (Fsp3) is 0.366. The van der Waals surface area contributed by atoms with Gasteiger partial charge in [0.15, 0.2) is 6.29 Å². The van der Waals surface area contributed by atoms with Crippen molar-refractivity contribution in [3.63, 3.8) is 0 Å². The Morgan fingerprint density at radius 3 is 2.02 bits per heavy atom. The maximum Gasteiger partial charge on any atom is 0.261 e. The Hall–Kier alpha value is -4.14. The van der Waals surface area contributed by atoms with E-state index in [1.165, 1.54) is 37.0 Å². The fourth-order valence-electron chi connectivity index (χ4n) is 7.36. The summed E-state index contributed by atoms with van der Waals surface area (Å²) in [6.45, 7) is 5.51. The topological polar surface area (TPSA) is 79.3 Å².